The topological polar surface area (TPSA) is 45.2 Å². The van der Waals surface area contributed by atoms with Gasteiger partial charge in [-0.05, 0) is 42.0 Å². The molecule has 1 atom stereocenters. The van der Waals surface area contributed by atoms with Gasteiger partial charge in [0.1, 0.15) is 6.61 Å². The normalized spacial score (nSPS) is 18.2. The molecule has 0 saturated carbocycles. The van der Waals surface area contributed by atoms with Crippen molar-refractivity contribution in [1.29, 1.82) is 0 Å². The summed E-state index contributed by atoms with van der Waals surface area (Å²) in [6.07, 6.45) is 2.88. The molecule has 4 rings (SSSR count). The Labute approximate surface area is 164 Å². The third-order valence-electron chi connectivity index (χ3n) is 4.96. The maximum absolute atomic E-state index is 10.7. The van der Waals surface area contributed by atoms with E-state index in [9.17, 15) is 5.11 Å². The number of β-amino-alcohol motifs (C(OH)–C–C–N with tert-alkyl or cyclic N) is 1. The van der Waals surface area contributed by atoms with Crippen LogP contribution in [-0.4, -0.2) is 49.3 Å². The van der Waals surface area contributed by atoms with Crippen LogP contribution in [0.25, 0.3) is 0 Å². The number of rotatable bonds is 4. The minimum Gasteiger partial charge on any atom is -0.485 e. The van der Waals surface area contributed by atoms with Crippen molar-refractivity contribution in [2.24, 2.45) is 0 Å². The van der Waals surface area contributed by atoms with Gasteiger partial charge in [-0.2, -0.15) is 0 Å². The molecule has 1 fully saturated rings. The zero-order valence-corrected chi connectivity index (χ0v) is 15.8. The van der Waals surface area contributed by atoms with Crippen LogP contribution in [0.2, 0.25) is 5.02 Å². The Morgan fingerprint density at radius 2 is 1.89 bits per heavy atom. The van der Waals surface area contributed by atoms with E-state index in [-0.39, 0.29) is 0 Å². The molecule has 142 valence electrons. The van der Waals surface area contributed by atoms with Crippen molar-refractivity contribution in [2.75, 3.05) is 44.2 Å². The smallest absolute Gasteiger partial charge is 0.168 e. The average Bonchev–Trinajstić information content (AvgIpc) is 2.93. The Bertz CT molecular complexity index is 819. The van der Waals surface area contributed by atoms with E-state index in [1.807, 2.05) is 42.5 Å². The van der Waals surface area contributed by atoms with Gasteiger partial charge in [-0.15, -0.1) is 0 Å². The lowest BCUT2D eigenvalue weighted by molar-refractivity contribution is 0.109. The minimum absolute atomic E-state index is 0.470. The van der Waals surface area contributed by atoms with Crippen molar-refractivity contribution < 1.29 is 14.6 Å². The van der Waals surface area contributed by atoms with E-state index in [1.165, 1.54) is 0 Å². The second-order valence-electron chi connectivity index (χ2n) is 6.79. The Kier molecular flexibility index (Phi) is 5.53. The molecular weight excluding hydrogens is 364 g/mol. The third kappa shape index (κ3) is 4.38. The number of ether oxygens (including phenoxy) is 2. The molecule has 0 bridgehead atoms. The van der Waals surface area contributed by atoms with Crippen molar-refractivity contribution in [3.8, 4) is 11.5 Å². The molecule has 0 amide bonds. The highest BCUT2D eigenvalue weighted by Gasteiger charge is 2.21. The Morgan fingerprint density at radius 1 is 1.04 bits per heavy atom. The van der Waals surface area contributed by atoms with Crippen LogP contribution in [0, 0.1) is 0 Å². The molecule has 2 heterocycles. The number of fused-ring (bicyclic) bond motifs is 1. The highest BCUT2D eigenvalue weighted by molar-refractivity contribution is 6.30. The number of aliphatic hydroxyl groups excluding tert-OH is 1. The lowest BCUT2D eigenvalue weighted by Gasteiger charge is -2.37. The summed E-state index contributed by atoms with van der Waals surface area (Å²) in [6.45, 7) is 4.70. The van der Waals surface area contributed by atoms with Gasteiger partial charge in [0.15, 0.2) is 11.5 Å². The second-order valence-corrected chi connectivity index (χ2v) is 7.23. The zero-order chi connectivity index (χ0) is 18.6. The quantitative estimate of drug-likeness (QED) is 0.871. The van der Waals surface area contributed by atoms with Crippen molar-refractivity contribution in [1.82, 2.24) is 4.90 Å². The van der Waals surface area contributed by atoms with Crippen molar-refractivity contribution in [3.05, 3.63) is 65.4 Å². The molecule has 1 unspecified atom stereocenters. The van der Waals surface area contributed by atoms with Gasteiger partial charge in [-0.1, -0.05) is 23.7 Å². The predicted molar refractivity (Wildman–Crippen MR) is 107 cm³/mol. The Balaban J connectivity index is 1.34. The summed E-state index contributed by atoms with van der Waals surface area (Å²) in [5.74, 6) is 1.34. The molecule has 6 heteroatoms. The number of benzene rings is 2. The van der Waals surface area contributed by atoms with Crippen molar-refractivity contribution in [2.45, 2.75) is 6.10 Å². The fourth-order valence-corrected chi connectivity index (χ4v) is 3.64. The molecular formula is C21H23ClN2O3. The summed E-state index contributed by atoms with van der Waals surface area (Å²) in [5.41, 5.74) is 2.00. The number of aliphatic hydroxyl groups is 1. The van der Waals surface area contributed by atoms with Crippen LogP contribution in [0.4, 0.5) is 5.69 Å². The minimum atomic E-state index is -0.562. The first-order valence-electron chi connectivity index (χ1n) is 9.18. The van der Waals surface area contributed by atoms with Crippen LogP contribution < -0.4 is 14.4 Å². The van der Waals surface area contributed by atoms with Crippen molar-refractivity contribution in [3.63, 3.8) is 0 Å². The highest BCUT2D eigenvalue weighted by atomic mass is 35.5. The van der Waals surface area contributed by atoms with Crippen LogP contribution in [0.1, 0.15) is 11.7 Å². The summed E-state index contributed by atoms with van der Waals surface area (Å²) in [4.78, 5) is 4.62. The van der Waals surface area contributed by atoms with Gasteiger partial charge in [0.25, 0.3) is 0 Å². The van der Waals surface area contributed by atoms with E-state index in [2.05, 4.69) is 15.9 Å². The molecule has 27 heavy (non-hydrogen) atoms. The summed E-state index contributed by atoms with van der Waals surface area (Å²) in [7, 11) is 0. The van der Waals surface area contributed by atoms with Crippen molar-refractivity contribution >= 4 is 17.3 Å². The molecule has 2 aromatic rings. The van der Waals surface area contributed by atoms with Gasteiger partial charge < -0.3 is 19.5 Å². The monoisotopic (exact) mass is 386 g/mol. The highest BCUT2D eigenvalue weighted by Crippen LogP contribution is 2.32. The third-order valence-corrected chi connectivity index (χ3v) is 5.19. The van der Waals surface area contributed by atoms with Gasteiger partial charge in [0, 0.05) is 43.4 Å². The molecule has 2 aromatic carbocycles. The molecule has 1 saturated heterocycles. The molecule has 5 nitrogen and oxygen atoms in total. The Morgan fingerprint density at radius 3 is 2.70 bits per heavy atom. The first-order chi connectivity index (χ1) is 13.2. The second kappa shape index (κ2) is 8.21. The predicted octanol–water partition coefficient (Wildman–Crippen LogP) is 3.48. The van der Waals surface area contributed by atoms with Gasteiger partial charge in [0.05, 0.1) is 12.4 Å². The van der Waals surface area contributed by atoms with Gasteiger partial charge in [-0.25, -0.2) is 0 Å². The van der Waals surface area contributed by atoms with Crippen LogP contribution in [0.3, 0.4) is 0 Å². The largest absolute Gasteiger partial charge is 0.485 e. The number of piperazine rings is 1. The van der Waals surface area contributed by atoms with E-state index in [1.54, 1.807) is 6.26 Å². The fraction of sp³-hybridized carbons (Fsp3) is 0.333. The van der Waals surface area contributed by atoms with Gasteiger partial charge in [0.2, 0.25) is 0 Å². The number of anilines is 1. The Hall–Kier alpha value is -2.21. The van der Waals surface area contributed by atoms with Crippen LogP contribution in [0.15, 0.2) is 54.8 Å². The molecule has 2 aliphatic heterocycles. The molecule has 1 N–H and O–H groups in total. The number of hydrogen-bond acceptors (Lipinski definition) is 5. The lowest BCUT2D eigenvalue weighted by Crippen LogP contribution is -2.47. The SMILES string of the molecule is OC(CN1CCN(c2cccc(Cl)c2)CC1)c1ccc2c(c1)OCC=CO2. The van der Waals surface area contributed by atoms with Crippen LogP contribution >= 0.6 is 11.6 Å². The zero-order valence-electron chi connectivity index (χ0n) is 15.1. The van der Waals surface area contributed by atoms with Crippen LogP contribution in [-0.2, 0) is 0 Å². The molecule has 0 radical (unpaired) electrons. The number of nitrogens with zero attached hydrogens (tertiary/aromatic N) is 2. The average molecular weight is 387 g/mol. The van der Waals surface area contributed by atoms with E-state index < -0.39 is 6.10 Å². The maximum atomic E-state index is 10.7. The van der Waals surface area contributed by atoms with E-state index >= 15 is 0 Å². The van der Waals surface area contributed by atoms with E-state index in [0.29, 0.717) is 24.7 Å². The summed E-state index contributed by atoms with van der Waals surface area (Å²) < 4.78 is 11.1. The molecule has 0 aliphatic carbocycles. The van der Waals surface area contributed by atoms with E-state index in [0.717, 1.165) is 42.5 Å². The maximum Gasteiger partial charge on any atom is 0.168 e. The lowest BCUT2D eigenvalue weighted by atomic mass is 10.1. The molecule has 0 spiro atoms. The first kappa shape index (κ1) is 18.2. The van der Waals surface area contributed by atoms with E-state index in [4.69, 9.17) is 21.1 Å². The summed E-state index contributed by atoms with van der Waals surface area (Å²) in [5, 5.41) is 11.4. The standard InChI is InChI=1S/C21H23ClN2O3/c22-17-3-1-4-18(14-17)24-9-7-23(8-10-24)15-19(25)16-5-6-20-21(13-16)27-12-2-11-26-20/h1-6,11,13-14,19,25H,7-10,12,15H2. The summed E-state index contributed by atoms with van der Waals surface area (Å²) >= 11 is 6.10. The number of halogens is 1. The van der Waals surface area contributed by atoms with Crippen LogP contribution in [0.5, 0.6) is 11.5 Å². The molecule has 2 aliphatic rings. The summed E-state index contributed by atoms with van der Waals surface area (Å²) in [6, 6.07) is 13.6. The first-order valence-corrected chi connectivity index (χ1v) is 9.56. The van der Waals surface area contributed by atoms with Gasteiger partial charge >= 0.3 is 0 Å². The number of hydrogen-bond donors (Lipinski definition) is 1. The fourth-order valence-electron chi connectivity index (χ4n) is 3.45. The van der Waals surface area contributed by atoms with Gasteiger partial charge in [-0.3, -0.25) is 4.90 Å². The molecule has 0 aromatic heterocycles.